The highest BCUT2D eigenvalue weighted by Gasteiger charge is 2.27. The van der Waals surface area contributed by atoms with Crippen LogP contribution in [0, 0.1) is 0 Å². The molecule has 5 nitrogen and oxygen atoms in total. The molecule has 33 heavy (non-hydrogen) atoms. The number of nitrogens with one attached hydrogen (secondary N) is 1. The van der Waals surface area contributed by atoms with Crippen LogP contribution in [0.3, 0.4) is 0 Å². The Morgan fingerprint density at radius 3 is 2.36 bits per heavy atom. The van der Waals surface area contributed by atoms with Crippen LogP contribution in [0.2, 0.25) is 0 Å². The lowest BCUT2D eigenvalue weighted by molar-refractivity contribution is -0.133. The molecular formula is C28H37N3O2. The summed E-state index contributed by atoms with van der Waals surface area (Å²) in [5.74, 6) is 1.04. The predicted molar refractivity (Wildman–Crippen MR) is 135 cm³/mol. The molecule has 0 bridgehead atoms. The van der Waals surface area contributed by atoms with Crippen molar-refractivity contribution in [3.63, 3.8) is 0 Å². The maximum atomic E-state index is 13.4. The summed E-state index contributed by atoms with van der Waals surface area (Å²) in [7, 11) is 1.69. The van der Waals surface area contributed by atoms with Crippen molar-refractivity contribution in [1.29, 1.82) is 0 Å². The van der Waals surface area contributed by atoms with E-state index in [4.69, 9.17) is 4.74 Å². The Labute approximate surface area is 197 Å². The van der Waals surface area contributed by atoms with Gasteiger partial charge in [-0.25, -0.2) is 0 Å². The van der Waals surface area contributed by atoms with Crippen molar-refractivity contribution >= 4 is 16.8 Å². The van der Waals surface area contributed by atoms with Crippen molar-refractivity contribution < 1.29 is 9.53 Å². The molecule has 0 unspecified atom stereocenters. The van der Waals surface area contributed by atoms with Crippen LogP contribution in [0.25, 0.3) is 10.9 Å². The topological polar surface area (TPSA) is 48.6 Å². The molecule has 1 atom stereocenters. The van der Waals surface area contributed by atoms with Gasteiger partial charge in [0.25, 0.3) is 0 Å². The third-order valence-electron chi connectivity index (χ3n) is 7.03. The highest BCUT2D eigenvalue weighted by molar-refractivity contribution is 5.87. The van der Waals surface area contributed by atoms with Gasteiger partial charge in [-0.1, -0.05) is 52.0 Å². The van der Waals surface area contributed by atoms with E-state index in [1.54, 1.807) is 7.11 Å². The first-order valence-corrected chi connectivity index (χ1v) is 12.1. The summed E-state index contributed by atoms with van der Waals surface area (Å²) in [5.41, 5.74) is 4.77. The first-order valence-electron chi connectivity index (χ1n) is 12.1. The second-order valence-electron chi connectivity index (χ2n) is 10.1. The number of fused-ring (bicyclic) bond motifs is 1. The van der Waals surface area contributed by atoms with Gasteiger partial charge in [-0.2, -0.15) is 0 Å². The molecule has 0 radical (unpaired) electrons. The van der Waals surface area contributed by atoms with Crippen molar-refractivity contribution in [2.45, 2.75) is 45.4 Å². The average Bonchev–Trinajstić information content (AvgIpc) is 3.25. The molecule has 4 rings (SSSR count). The summed E-state index contributed by atoms with van der Waals surface area (Å²) in [5, 5.41) is 1.11. The number of hydrogen-bond donors (Lipinski definition) is 1. The lowest BCUT2D eigenvalue weighted by Crippen LogP contribution is -2.48. The zero-order valence-corrected chi connectivity index (χ0v) is 20.6. The van der Waals surface area contributed by atoms with Gasteiger partial charge < -0.3 is 19.5 Å². The largest absolute Gasteiger partial charge is 0.497 e. The van der Waals surface area contributed by atoms with Gasteiger partial charge in [0, 0.05) is 55.6 Å². The van der Waals surface area contributed by atoms with E-state index in [1.807, 2.05) is 17.0 Å². The van der Waals surface area contributed by atoms with E-state index in [2.05, 4.69) is 74.1 Å². The third kappa shape index (κ3) is 5.09. The van der Waals surface area contributed by atoms with Crippen molar-refractivity contribution in [3.8, 4) is 5.75 Å². The van der Waals surface area contributed by atoms with E-state index >= 15 is 0 Å². The fourth-order valence-electron chi connectivity index (χ4n) is 4.78. The monoisotopic (exact) mass is 447 g/mol. The number of carbonyl (C=O) groups is 1. The van der Waals surface area contributed by atoms with Gasteiger partial charge >= 0.3 is 0 Å². The maximum absolute atomic E-state index is 13.4. The van der Waals surface area contributed by atoms with Crippen LogP contribution in [0.4, 0.5) is 0 Å². The van der Waals surface area contributed by atoms with Gasteiger partial charge in [-0.15, -0.1) is 0 Å². The molecule has 2 aromatic carbocycles. The fourth-order valence-corrected chi connectivity index (χ4v) is 4.78. The molecule has 5 heteroatoms. The molecule has 1 aliphatic rings. The molecule has 1 aliphatic heterocycles. The first-order chi connectivity index (χ1) is 15.8. The van der Waals surface area contributed by atoms with Gasteiger partial charge in [-0.3, -0.25) is 4.79 Å². The SMILES string of the molecule is CCN1CCN(C(=O)C[C@@H](c2ccc(C(C)(C)C)cc2)c2c[nH]c3ccc(OC)cc23)CC1. The summed E-state index contributed by atoms with van der Waals surface area (Å²) in [6.07, 6.45) is 2.53. The summed E-state index contributed by atoms with van der Waals surface area (Å²) in [6, 6.07) is 14.9. The summed E-state index contributed by atoms with van der Waals surface area (Å²) < 4.78 is 5.49. The number of nitrogens with zero attached hydrogens (tertiary/aromatic N) is 2. The minimum atomic E-state index is -0.0171. The van der Waals surface area contributed by atoms with Crippen LogP contribution in [0.1, 0.15) is 56.7 Å². The minimum absolute atomic E-state index is 0.0171. The number of benzene rings is 2. The smallest absolute Gasteiger partial charge is 0.223 e. The van der Waals surface area contributed by atoms with Crippen molar-refractivity contribution in [1.82, 2.24) is 14.8 Å². The summed E-state index contributed by atoms with van der Waals surface area (Å²) in [4.78, 5) is 21.3. The second kappa shape index (κ2) is 9.60. The van der Waals surface area contributed by atoms with Gasteiger partial charge in [0.1, 0.15) is 5.75 Å². The number of amides is 1. The van der Waals surface area contributed by atoms with Gasteiger partial charge in [0.2, 0.25) is 5.91 Å². The van der Waals surface area contributed by atoms with E-state index in [-0.39, 0.29) is 17.2 Å². The zero-order valence-electron chi connectivity index (χ0n) is 20.6. The number of aromatic nitrogens is 1. The second-order valence-corrected chi connectivity index (χ2v) is 10.1. The Hall–Kier alpha value is -2.79. The Bertz CT molecular complexity index is 1090. The molecule has 3 aromatic rings. The van der Waals surface area contributed by atoms with E-state index in [9.17, 15) is 4.79 Å². The van der Waals surface area contributed by atoms with Crippen molar-refractivity contribution in [3.05, 3.63) is 65.4 Å². The Kier molecular flexibility index (Phi) is 6.80. The Morgan fingerprint density at radius 1 is 1.06 bits per heavy atom. The minimum Gasteiger partial charge on any atom is -0.497 e. The molecule has 0 spiro atoms. The number of hydrogen-bond acceptors (Lipinski definition) is 3. The number of H-pyrrole nitrogens is 1. The lowest BCUT2D eigenvalue weighted by Gasteiger charge is -2.35. The van der Waals surface area contributed by atoms with E-state index < -0.39 is 0 Å². The standard InChI is InChI=1S/C28H37N3O2/c1-6-30-13-15-31(16-14-30)27(32)18-23(20-7-9-21(10-8-20)28(2,3)4)25-19-29-26-12-11-22(33-5)17-24(25)26/h7-12,17,19,23,29H,6,13-16,18H2,1-5H3/t23-/m0/s1. The number of methoxy groups -OCH3 is 1. The average molecular weight is 448 g/mol. The number of rotatable bonds is 6. The number of carbonyl (C=O) groups excluding carboxylic acids is 1. The maximum Gasteiger partial charge on any atom is 0.223 e. The van der Waals surface area contributed by atoms with E-state index in [1.165, 1.54) is 11.1 Å². The third-order valence-corrected chi connectivity index (χ3v) is 7.03. The van der Waals surface area contributed by atoms with Crippen LogP contribution in [-0.2, 0) is 10.2 Å². The summed E-state index contributed by atoms with van der Waals surface area (Å²) >= 11 is 0. The van der Waals surface area contributed by atoms with Gasteiger partial charge in [0.15, 0.2) is 0 Å². The molecule has 176 valence electrons. The van der Waals surface area contributed by atoms with Crippen LogP contribution in [-0.4, -0.2) is 60.5 Å². The van der Waals surface area contributed by atoms with Crippen molar-refractivity contribution in [2.24, 2.45) is 0 Å². The van der Waals surface area contributed by atoms with Crippen LogP contribution in [0.15, 0.2) is 48.7 Å². The van der Waals surface area contributed by atoms with Gasteiger partial charge in [-0.05, 0) is 46.8 Å². The molecular weight excluding hydrogens is 410 g/mol. The van der Waals surface area contributed by atoms with Crippen molar-refractivity contribution in [2.75, 3.05) is 39.8 Å². The highest BCUT2D eigenvalue weighted by Crippen LogP contribution is 2.36. The number of ether oxygens (including phenoxy) is 1. The molecule has 1 amide bonds. The molecule has 2 heterocycles. The van der Waals surface area contributed by atoms with Gasteiger partial charge in [0.05, 0.1) is 7.11 Å². The first kappa shape index (κ1) is 23.4. The lowest BCUT2D eigenvalue weighted by atomic mass is 9.83. The fraction of sp³-hybridized carbons (Fsp3) is 0.464. The van der Waals surface area contributed by atoms with Crippen LogP contribution >= 0.6 is 0 Å². The number of piperazine rings is 1. The van der Waals surface area contributed by atoms with Crippen LogP contribution < -0.4 is 4.74 Å². The normalized spacial score (nSPS) is 16.2. The zero-order chi connectivity index (χ0) is 23.6. The molecule has 0 aliphatic carbocycles. The molecule has 1 fully saturated rings. The predicted octanol–water partition coefficient (Wildman–Crippen LogP) is 5.16. The van der Waals surface area contributed by atoms with Crippen LogP contribution in [0.5, 0.6) is 5.75 Å². The Balaban J connectivity index is 1.68. The van der Waals surface area contributed by atoms with E-state index in [0.717, 1.165) is 54.9 Å². The highest BCUT2D eigenvalue weighted by atomic mass is 16.5. The molecule has 1 aromatic heterocycles. The number of aromatic amines is 1. The Morgan fingerprint density at radius 2 is 1.76 bits per heavy atom. The quantitative estimate of drug-likeness (QED) is 0.568. The number of likely N-dealkylation sites (N-methyl/N-ethyl adjacent to an activating group) is 1. The van der Waals surface area contributed by atoms with E-state index in [0.29, 0.717) is 6.42 Å². The summed E-state index contributed by atoms with van der Waals surface area (Å²) in [6.45, 7) is 13.4. The molecule has 0 saturated carbocycles. The molecule has 1 saturated heterocycles. The molecule has 1 N–H and O–H groups in total.